The lowest BCUT2D eigenvalue weighted by Crippen LogP contribution is -2.17. The topological polar surface area (TPSA) is 73.3 Å². The van der Waals surface area contributed by atoms with E-state index in [-0.39, 0.29) is 11.1 Å². The number of anilines is 1. The Morgan fingerprint density at radius 2 is 2.23 bits per heavy atom. The monoisotopic (exact) mass is 182 g/mol. The summed E-state index contributed by atoms with van der Waals surface area (Å²) in [5.41, 5.74) is 5.92. The van der Waals surface area contributed by atoms with E-state index < -0.39 is 0 Å². The second-order valence-corrected chi connectivity index (χ2v) is 4.22. The smallest absolute Gasteiger partial charge is 0.169 e. The van der Waals surface area contributed by atoms with Crippen LogP contribution in [0.15, 0.2) is 11.4 Å². The minimum absolute atomic E-state index is 0.0836. The number of nitrogens with two attached hydrogens (primary N) is 1. The summed E-state index contributed by atoms with van der Waals surface area (Å²) in [5.74, 6) is 0.338. The molecular weight excluding hydrogens is 168 g/mol. The molecule has 5 heteroatoms. The normalized spacial score (nSPS) is 11.6. The summed E-state index contributed by atoms with van der Waals surface area (Å²) in [6.07, 6.45) is 1.38. The molecule has 1 heterocycles. The zero-order valence-corrected chi connectivity index (χ0v) is 8.11. The molecule has 0 aliphatic carbocycles. The van der Waals surface area contributed by atoms with E-state index in [4.69, 9.17) is 5.73 Å². The van der Waals surface area contributed by atoms with Crippen LogP contribution in [-0.2, 0) is 6.54 Å². The minimum Gasteiger partial charge on any atom is -0.382 e. The molecule has 0 spiro atoms. The summed E-state index contributed by atoms with van der Waals surface area (Å²) in [5, 5.41) is 6.73. The van der Waals surface area contributed by atoms with E-state index in [9.17, 15) is 4.91 Å². The number of aromatic nitrogens is 2. The maximum Gasteiger partial charge on any atom is 0.169 e. The molecule has 0 aliphatic rings. The van der Waals surface area contributed by atoms with Gasteiger partial charge in [0.05, 0.1) is 6.20 Å². The highest BCUT2D eigenvalue weighted by Gasteiger charge is 2.15. The Kier molecular flexibility index (Phi) is 2.36. The van der Waals surface area contributed by atoms with Crippen molar-refractivity contribution in [3.8, 4) is 0 Å². The van der Waals surface area contributed by atoms with Crippen LogP contribution in [0.2, 0.25) is 0 Å². The molecule has 0 atom stereocenters. The summed E-state index contributed by atoms with van der Waals surface area (Å²) in [6.45, 7) is 6.89. The number of rotatable bonds is 2. The lowest BCUT2D eigenvalue weighted by Gasteiger charge is -2.18. The molecule has 0 radical (unpaired) electrons. The minimum atomic E-state index is 0.0836. The molecule has 0 unspecified atom stereocenters. The lowest BCUT2D eigenvalue weighted by molar-refractivity contribution is 0.328. The van der Waals surface area contributed by atoms with Crippen LogP contribution in [0.3, 0.4) is 0 Å². The highest BCUT2D eigenvalue weighted by molar-refractivity contribution is 5.56. The molecule has 72 valence electrons. The van der Waals surface area contributed by atoms with Gasteiger partial charge >= 0.3 is 0 Å². The highest BCUT2D eigenvalue weighted by atomic mass is 16.3. The number of hydrogen-bond acceptors (Lipinski definition) is 4. The molecule has 1 aromatic heterocycles. The van der Waals surface area contributed by atoms with Gasteiger partial charge in [0.15, 0.2) is 11.5 Å². The molecule has 1 rings (SSSR count). The first kappa shape index (κ1) is 9.70. The van der Waals surface area contributed by atoms with Crippen LogP contribution in [0.1, 0.15) is 20.8 Å². The SMILES string of the molecule is CC(C)(C)Cn1ncc(N=O)c1N. The Labute approximate surface area is 76.9 Å². The van der Waals surface area contributed by atoms with Crippen LogP contribution in [0.5, 0.6) is 0 Å². The average molecular weight is 182 g/mol. The van der Waals surface area contributed by atoms with E-state index in [0.29, 0.717) is 12.4 Å². The van der Waals surface area contributed by atoms with Crippen molar-refractivity contribution in [1.82, 2.24) is 9.78 Å². The van der Waals surface area contributed by atoms with E-state index >= 15 is 0 Å². The first-order valence-electron chi connectivity index (χ1n) is 4.09. The predicted octanol–water partition coefficient (Wildman–Crippen LogP) is 1.91. The first-order valence-corrected chi connectivity index (χ1v) is 4.09. The quantitative estimate of drug-likeness (QED) is 0.710. The second-order valence-electron chi connectivity index (χ2n) is 4.22. The first-order chi connectivity index (χ1) is 5.94. The number of nitrogen functional groups attached to an aromatic ring is 1. The molecular formula is C8H14N4O. The van der Waals surface area contributed by atoms with Gasteiger partial charge in [-0.2, -0.15) is 5.10 Å². The summed E-state index contributed by atoms with van der Waals surface area (Å²) in [7, 11) is 0. The van der Waals surface area contributed by atoms with Crippen molar-refractivity contribution in [3.05, 3.63) is 11.1 Å². The maximum absolute atomic E-state index is 10.2. The van der Waals surface area contributed by atoms with Crippen molar-refractivity contribution < 1.29 is 0 Å². The van der Waals surface area contributed by atoms with Gasteiger partial charge in [-0.15, -0.1) is 4.91 Å². The maximum atomic E-state index is 10.2. The van der Waals surface area contributed by atoms with Crippen molar-refractivity contribution in [3.63, 3.8) is 0 Å². The fourth-order valence-corrected chi connectivity index (χ4v) is 1.03. The van der Waals surface area contributed by atoms with Gasteiger partial charge in [-0.25, -0.2) is 4.68 Å². The van der Waals surface area contributed by atoms with E-state index in [1.54, 1.807) is 4.68 Å². The molecule has 5 nitrogen and oxygen atoms in total. The Morgan fingerprint density at radius 3 is 2.62 bits per heavy atom. The van der Waals surface area contributed by atoms with Crippen molar-refractivity contribution in [1.29, 1.82) is 0 Å². The van der Waals surface area contributed by atoms with Gasteiger partial charge in [-0.3, -0.25) is 0 Å². The van der Waals surface area contributed by atoms with Gasteiger partial charge in [0.25, 0.3) is 0 Å². The number of nitrogens with zero attached hydrogens (tertiary/aromatic N) is 3. The van der Waals surface area contributed by atoms with Crippen molar-refractivity contribution >= 4 is 11.5 Å². The summed E-state index contributed by atoms with van der Waals surface area (Å²) in [4.78, 5) is 10.2. The fraction of sp³-hybridized carbons (Fsp3) is 0.625. The summed E-state index contributed by atoms with van der Waals surface area (Å²) in [6, 6.07) is 0. The molecule has 0 fully saturated rings. The number of nitroso groups, excluding NO2 is 1. The molecule has 0 bridgehead atoms. The van der Waals surface area contributed by atoms with E-state index in [1.807, 2.05) is 0 Å². The van der Waals surface area contributed by atoms with Crippen LogP contribution >= 0.6 is 0 Å². The average Bonchev–Trinajstić information content (AvgIpc) is 2.30. The zero-order valence-electron chi connectivity index (χ0n) is 8.11. The standard InChI is InChI=1S/C8H14N4O/c1-8(2,3)5-12-7(9)6(11-13)4-10-12/h4H,5,9H2,1-3H3. The van der Waals surface area contributed by atoms with Crippen LogP contribution in [0.25, 0.3) is 0 Å². The van der Waals surface area contributed by atoms with E-state index in [2.05, 4.69) is 31.0 Å². The molecule has 0 aliphatic heterocycles. The fourth-order valence-electron chi connectivity index (χ4n) is 1.03. The third-order valence-electron chi connectivity index (χ3n) is 1.58. The predicted molar refractivity (Wildman–Crippen MR) is 51.5 cm³/mol. The van der Waals surface area contributed by atoms with Gasteiger partial charge < -0.3 is 5.73 Å². The van der Waals surface area contributed by atoms with E-state index in [0.717, 1.165) is 0 Å². The van der Waals surface area contributed by atoms with E-state index in [1.165, 1.54) is 6.20 Å². The van der Waals surface area contributed by atoms with Crippen molar-refractivity contribution in [2.75, 3.05) is 5.73 Å². The third-order valence-corrected chi connectivity index (χ3v) is 1.58. The van der Waals surface area contributed by atoms with Gasteiger partial charge in [0.2, 0.25) is 0 Å². The van der Waals surface area contributed by atoms with Gasteiger partial charge in [0, 0.05) is 6.54 Å². The molecule has 0 saturated heterocycles. The zero-order chi connectivity index (χ0) is 10.1. The summed E-state index contributed by atoms with van der Waals surface area (Å²) < 4.78 is 1.59. The molecule has 13 heavy (non-hydrogen) atoms. The Morgan fingerprint density at radius 1 is 1.62 bits per heavy atom. The summed E-state index contributed by atoms with van der Waals surface area (Å²) >= 11 is 0. The Hall–Kier alpha value is -1.39. The van der Waals surface area contributed by atoms with Gasteiger partial charge in [-0.05, 0) is 10.6 Å². The van der Waals surface area contributed by atoms with Crippen LogP contribution in [0, 0.1) is 10.3 Å². The van der Waals surface area contributed by atoms with Crippen molar-refractivity contribution in [2.24, 2.45) is 10.6 Å². The highest BCUT2D eigenvalue weighted by Crippen LogP contribution is 2.24. The molecule has 0 aromatic carbocycles. The molecule has 2 N–H and O–H groups in total. The van der Waals surface area contributed by atoms with Crippen LogP contribution in [0.4, 0.5) is 11.5 Å². The number of hydrogen-bond donors (Lipinski definition) is 1. The van der Waals surface area contributed by atoms with Crippen molar-refractivity contribution in [2.45, 2.75) is 27.3 Å². The Balaban J connectivity index is 2.90. The lowest BCUT2D eigenvalue weighted by atomic mass is 9.97. The second kappa shape index (κ2) is 3.16. The third kappa shape index (κ3) is 2.27. The molecule has 1 aromatic rings. The largest absolute Gasteiger partial charge is 0.382 e. The van der Waals surface area contributed by atoms with Gasteiger partial charge in [-0.1, -0.05) is 20.8 Å². The van der Waals surface area contributed by atoms with Crippen LogP contribution < -0.4 is 5.73 Å². The Bertz CT molecular complexity index is 310. The molecule has 0 saturated carbocycles. The molecule has 0 amide bonds. The van der Waals surface area contributed by atoms with Gasteiger partial charge in [0.1, 0.15) is 0 Å². The van der Waals surface area contributed by atoms with Crippen LogP contribution in [-0.4, -0.2) is 9.78 Å².